The zero-order valence-electron chi connectivity index (χ0n) is 17.1. The molecule has 3 atom stereocenters. The van der Waals surface area contributed by atoms with E-state index in [1.807, 2.05) is 44.2 Å². The maximum absolute atomic E-state index is 12.4. The first kappa shape index (κ1) is 21.9. The normalized spacial score (nSPS) is 20.3. The number of carbonyl (C=O) groups excluding carboxylic acids is 3. The highest BCUT2D eigenvalue weighted by Crippen LogP contribution is 2.23. The summed E-state index contributed by atoms with van der Waals surface area (Å²) in [6.45, 7) is 5.48. The Hall–Kier alpha value is -2.37. The first-order valence-electron chi connectivity index (χ1n) is 10.2. The summed E-state index contributed by atoms with van der Waals surface area (Å²) in [4.78, 5) is 36.8. The van der Waals surface area contributed by atoms with Crippen molar-refractivity contribution >= 4 is 17.8 Å². The number of esters is 1. The molecule has 2 amide bonds. The number of rotatable bonds is 8. The highest BCUT2D eigenvalue weighted by atomic mass is 16.5. The van der Waals surface area contributed by atoms with Crippen LogP contribution in [0.2, 0.25) is 0 Å². The Balaban J connectivity index is 1.81. The molecule has 2 rings (SSSR count). The van der Waals surface area contributed by atoms with Gasteiger partial charge in [-0.05, 0) is 30.2 Å². The van der Waals surface area contributed by atoms with Gasteiger partial charge in [0.05, 0.1) is 6.42 Å². The topological polar surface area (TPSA) is 84.5 Å². The van der Waals surface area contributed by atoms with E-state index >= 15 is 0 Å². The van der Waals surface area contributed by atoms with Crippen LogP contribution in [0.1, 0.15) is 52.0 Å². The minimum Gasteiger partial charge on any atom is -0.454 e. The highest BCUT2D eigenvalue weighted by molar-refractivity contribution is 5.87. The van der Waals surface area contributed by atoms with Gasteiger partial charge in [-0.3, -0.25) is 9.59 Å². The summed E-state index contributed by atoms with van der Waals surface area (Å²) in [6, 6.07) is 8.70. The second-order valence-corrected chi connectivity index (χ2v) is 8.00. The molecule has 6 nitrogen and oxygen atoms in total. The molecule has 0 unspecified atom stereocenters. The second-order valence-electron chi connectivity index (χ2n) is 8.00. The van der Waals surface area contributed by atoms with Gasteiger partial charge in [0.25, 0.3) is 5.91 Å². The van der Waals surface area contributed by atoms with E-state index in [0.29, 0.717) is 5.92 Å². The van der Waals surface area contributed by atoms with Gasteiger partial charge in [-0.1, -0.05) is 63.9 Å². The fourth-order valence-corrected chi connectivity index (χ4v) is 3.51. The molecule has 0 bridgehead atoms. The molecule has 0 spiro atoms. The van der Waals surface area contributed by atoms with Crippen LogP contribution in [0.5, 0.6) is 0 Å². The molecule has 0 saturated heterocycles. The largest absolute Gasteiger partial charge is 0.454 e. The van der Waals surface area contributed by atoms with E-state index in [9.17, 15) is 14.4 Å². The Labute approximate surface area is 167 Å². The maximum Gasteiger partial charge on any atom is 0.329 e. The molecule has 154 valence electrons. The van der Waals surface area contributed by atoms with Crippen molar-refractivity contribution in [2.45, 2.75) is 65.0 Å². The first-order chi connectivity index (χ1) is 13.4. The van der Waals surface area contributed by atoms with Gasteiger partial charge in [-0.15, -0.1) is 0 Å². The predicted molar refractivity (Wildman–Crippen MR) is 107 cm³/mol. The summed E-state index contributed by atoms with van der Waals surface area (Å²) in [6.07, 6.45) is 4.56. The molecule has 0 aromatic heterocycles. The molecule has 0 heterocycles. The summed E-state index contributed by atoms with van der Waals surface area (Å²) < 4.78 is 5.19. The van der Waals surface area contributed by atoms with Gasteiger partial charge in [0.2, 0.25) is 5.91 Å². The molecule has 1 aromatic carbocycles. The lowest BCUT2D eigenvalue weighted by atomic mass is 9.86. The Kier molecular flexibility index (Phi) is 8.48. The molecular weight excluding hydrogens is 356 g/mol. The van der Waals surface area contributed by atoms with Crippen molar-refractivity contribution in [3.63, 3.8) is 0 Å². The van der Waals surface area contributed by atoms with Gasteiger partial charge < -0.3 is 15.4 Å². The zero-order chi connectivity index (χ0) is 20.5. The third-order valence-electron chi connectivity index (χ3n) is 5.25. The summed E-state index contributed by atoms with van der Waals surface area (Å²) in [7, 11) is 0. The van der Waals surface area contributed by atoms with Crippen LogP contribution in [0.4, 0.5) is 0 Å². The number of nitrogens with one attached hydrogen (secondary N) is 2. The van der Waals surface area contributed by atoms with Crippen molar-refractivity contribution in [3.05, 3.63) is 35.9 Å². The first-order valence-corrected chi connectivity index (χ1v) is 10.2. The predicted octanol–water partition coefficient (Wildman–Crippen LogP) is 2.61. The lowest BCUT2D eigenvalue weighted by Crippen LogP contribution is -2.47. The fraction of sp³-hybridized carbons (Fsp3) is 0.591. The van der Waals surface area contributed by atoms with Crippen LogP contribution in [-0.4, -0.2) is 36.5 Å². The molecule has 28 heavy (non-hydrogen) atoms. The van der Waals surface area contributed by atoms with Crippen molar-refractivity contribution in [1.29, 1.82) is 0 Å². The molecule has 0 radical (unpaired) electrons. The van der Waals surface area contributed by atoms with Crippen LogP contribution in [0, 0.1) is 11.8 Å². The fourth-order valence-electron chi connectivity index (χ4n) is 3.51. The molecule has 1 fully saturated rings. The third-order valence-corrected chi connectivity index (χ3v) is 5.25. The van der Waals surface area contributed by atoms with Crippen LogP contribution >= 0.6 is 0 Å². The second kappa shape index (κ2) is 10.8. The highest BCUT2D eigenvalue weighted by Gasteiger charge is 2.27. The molecule has 6 heteroatoms. The van der Waals surface area contributed by atoms with E-state index in [2.05, 4.69) is 17.6 Å². The lowest BCUT2D eigenvalue weighted by Gasteiger charge is -2.29. The molecular formula is C22H32N2O4. The van der Waals surface area contributed by atoms with Crippen LogP contribution in [-0.2, 0) is 25.5 Å². The molecule has 1 aliphatic carbocycles. The van der Waals surface area contributed by atoms with E-state index in [1.165, 1.54) is 6.42 Å². The van der Waals surface area contributed by atoms with Gasteiger partial charge in [-0.2, -0.15) is 0 Å². The Morgan fingerprint density at radius 3 is 2.39 bits per heavy atom. The molecule has 2 N–H and O–H groups in total. The minimum atomic E-state index is -0.780. The van der Waals surface area contributed by atoms with Crippen molar-refractivity contribution in [2.75, 3.05) is 6.61 Å². The third kappa shape index (κ3) is 6.98. The maximum atomic E-state index is 12.4. The number of ether oxygens (including phenoxy) is 1. The van der Waals surface area contributed by atoms with E-state index in [4.69, 9.17) is 4.74 Å². The van der Waals surface area contributed by atoms with Crippen LogP contribution in [0.3, 0.4) is 0 Å². The van der Waals surface area contributed by atoms with Crippen LogP contribution in [0.15, 0.2) is 30.3 Å². The van der Waals surface area contributed by atoms with E-state index in [1.54, 1.807) is 0 Å². The standard InChI is InChI=1S/C22H32N2O4/c1-15(2)21(24-19(25)13-17-10-5-4-6-11-17)22(27)28-14-20(26)23-18-12-8-7-9-16(18)3/h4-6,10-11,15-16,18,21H,7-9,12-14H2,1-3H3,(H,23,26)(H,24,25)/t16-,18+,21-/m0/s1. The average molecular weight is 389 g/mol. The zero-order valence-corrected chi connectivity index (χ0v) is 17.1. The quantitative estimate of drug-likeness (QED) is 0.671. The smallest absolute Gasteiger partial charge is 0.329 e. The van der Waals surface area contributed by atoms with Crippen LogP contribution in [0.25, 0.3) is 0 Å². The van der Waals surface area contributed by atoms with Crippen LogP contribution < -0.4 is 10.6 Å². The Morgan fingerprint density at radius 2 is 1.75 bits per heavy atom. The van der Waals surface area contributed by atoms with Crippen molar-refractivity contribution in [1.82, 2.24) is 10.6 Å². The number of hydrogen-bond donors (Lipinski definition) is 2. The molecule has 1 aromatic rings. The monoisotopic (exact) mass is 388 g/mol. The number of benzene rings is 1. The van der Waals surface area contributed by atoms with E-state index < -0.39 is 12.0 Å². The summed E-state index contributed by atoms with van der Waals surface area (Å²) in [5.74, 6) is -0.821. The number of carbonyl (C=O) groups is 3. The summed E-state index contributed by atoms with van der Waals surface area (Å²) in [5.41, 5.74) is 0.872. The van der Waals surface area contributed by atoms with Gasteiger partial charge in [0, 0.05) is 6.04 Å². The summed E-state index contributed by atoms with van der Waals surface area (Å²) >= 11 is 0. The Morgan fingerprint density at radius 1 is 1.07 bits per heavy atom. The minimum absolute atomic E-state index is 0.145. The summed E-state index contributed by atoms with van der Waals surface area (Å²) in [5, 5.41) is 5.69. The van der Waals surface area contributed by atoms with Gasteiger partial charge in [0.15, 0.2) is 6.61 Å². The van der Waals surface area contributed by atoms with E-state index in [-0.39, 0.29) is 36.8 Å². The number of amides is 2. The molecule has 0 aliphatic heterocycles. The van der Waals surface area contributed by atoms with Crippen molar-refractivity contribution in [2.24, 2.45) is 11.8 Å². The Bertz CT molecular complexity index is 660. The number of hydrogen-bond acceptors (Lipinski definition) is 4. The van der Waals surface area contributed by atoms with Crippen molar-refractivity contribution < 1.29 is 19.1 Å². The van der Waals surface area contributed by atoms with Crippen molar-refractivity contribution in [3.8, 4) is 0 Å². The van der Waals surface area contributed by atoms with E-state index in [0.717, 1.165) is 24.8 Å². The molecule has 1 aliphatic rings. The lowest BCUT2D eigenvalue weighted by molar-refractivity contribution is -0.153. The molecule has 1 saturated carbocycles. The average Bonchev–Trinajstić information content (AvgIpc) is 2.66. The SMILES string of the molecule is CC(C)[C@H](NC(=O)Cc1ccccc1)C(=O)OCC(=O)N[C@@H]1CCCC[C@@H]1C. The van der Waals surface area contributed by atoms with Gasteiger partial charge in [0.1, 0.15) is 6.04 Å². The van der Waals surface area contributed by atoms with Gasteiger partial charge in [-0.25, -0.2) is 4.79 Å². The van der Waals surface area contributed by atoms with Gasteiger partial charge >= 0.3 is 5.97 Å².